The minimum atomic E-state index is -0.739. The van der Waals surface area contributed by atoms with Crippen molar-refractivity contribution in [2.45, 2.75) is 45.2 Å². The SMILES string of the molecule is O=C(O)CCN1Cc2ccc(OCCCCCc3ccccc3)cc2C1. The Hall–Kier alpha value is -2.33. The lowest BCUT2D eigenvalue weighted by Gasteiger charge is -2.12. The average Bonchev–Trinajstić information content (AvgIpc) is 3.06. The number of rotatable bonds is 10. The van der Waals surface area contributed by atoms with Crippen LogP contribution in [0.15, 0.2) is 48.5 Å². The summed E-state index contributed by atoms with van der Waals surface area (Å²) in [5.74, 6) is 0.184. The van der Waals surface area contributed by atoms with Gasteiger partial charge in [-0.1, -0.05) is 36.4 Å². The second kappa shape index (κ2) is 9.39. The normalized spacial score (nSPS) is 13.5. The molecule has 3 rings (SSSR count). The lowest BCUT2D eigenvalue weighted by atomic mass is 10.1. The molecule has 0 unspecified atom stereocenters. The van der Waals surface area contributed by atoms with E-state index in [0.717, 1.165) is 38.3 Å². The molecular weight excluding hydrogens is 326 g/mol. The van der Waals surface area contributed by atoms with Gasteiger partial charge in [-0.15, -0.1) is 0 Å². The third kappa shape index (κ3) is 5.60. The van der Waals surface area contributed by atoms with Crippen LogP contribution in [-0.4, -0.2) is 29.1 Å². The number of carbonyl (C=O) groups is 1. The number of carboxylic acid groups (broad SMARTS) is 1. The Morgan fingerprint density at radius 3 is 2.62 bits per heavy atom. The number of aryl methyl sites for hydroxylation is 1. The van der Waals surface area contributed by atoms with Gasteiger partial charge >= 0.3 is 5.97 Å². The maximum absolute atomic E-state index is 10.7. The molecule has 2 aromatic carbocycles. The third-order valence-electron chi connectivity index (χ3n) is 4.83. The van der Waals surface area contributed by atoms with Crippen molar-refractivity contribution < 1.29 is 14.6 Å². The van der Waals surface area contributed by atoms with Gasteiger partial charge in [0.05, 0.1) is 13.0 Å². The number of unbranched alkanes of at least 4 members (excludes halogenated alkanes) is 2. The average molecular weight is 353 g/mol. The van der Waals surface area contributed by atoms with Crippen LogP contribution in [0.1, 0.15) is 42.4 Å². The summed E-state index contributed by atoms with van der Waals surface area (Å²) in [7, 11) is 0. The maximum atomic E-state index is 10.7. The molecule has 0 saturated carbocycles. The first-order valence-electron chi connectivity index (χ1n) is 9.43. The number of ether oxygens (including phenoxy) is 1. The van der Waals surface area contributed by atoms with Crippen LogP contribution in [0.4, 0.5) is 0 Å². The Labute approximate surface area is 155 Å². The van der Waals surface area contributed by atoms with Crippen LogP contribution in [0, 0.1) is 0 Å². The van der Waals surface area contributed by atoms with Crippen molar-refractivity contribution in [3.63, 3.8) is 0 Å². The molecular formula is C22H27NO3. The van der Waals surface area contributed by atoms with Crippen molar-refractivity contribution in [2.75, 3.05) is 13.2 Å². The first-order chi connectivity index (χ1) is 12.7. The number of aliphatic carboxylic acids is 1. The molecule has 0 amide bonds. The Morgan fingerprint density at radius 2 is 1.81 bits per heavy atom. The summed E-state index contributed by atoms with van der Waals surface area (Å²) >= 11 is 0. The highest BCUT2D eigenvalue weighted by molar-refractivity contribution is 5.66. The second-order valence-electron chi connectivity index (χ2n) is 6.93. The van der Waals surface area contributed by atoms with Gasteiger partial charge in [0.15, 0.2) is 0 Å². The molecule has 0 aliphatic carbocycles. The lowest BCUT2D eigenvalue weighted by molar-refractivity contribution is -0.137. The number of benzene rings is 2. The minimum absolute atomic E-state index is 0.195. The molecule has 0 saturated heterocycles. The summed E-state index contributed by atoms with van der Waals surface area (Å²) in [6.07, 6.45) is 4.75. The molecule has 4 nitrogen and oxygen atoms in total. The van der Waals surface area contributed by atoms with Crippen LogP contribution in [0.3, 0.4) is 0 Å². The predicted molar refractivity (Wildman–Crippen MR) is 102 cm³/mol. The summed E-state index contributed by atoms with van der Waals surface area (Å²) in [6, 6.07) is 16.9. The molecule has 2 aromatic rings. The van der Waals surface area contributed by atoms with Crippen molar-refractivity contribution in [3.8, 4) is 5.75 Å². The Balaban J connectivity index is 1.35. The van der Waals surface area contributed by atoms with Crippen LogP contribution >= 0.6 is 0 Å². The van der Waals surface area contributed by atoms with Gasteiger partial charge in [-0.3, -0.25) is 9.69 Å². The van der Waals surface area contributed by atoms with Gasteiger partial charge in [0, 0.05) is 19.6 Å². The molecule has 1 heterocycles. The Kier molecular flexibility index (Phi) is 6.67. The van der Waals surface area contributed by atoms with Crippen molar-refractivity contribution in [1.29, 1.82) is 0 Å². The van der Waals surface area contributed by atoms with Crippen LogP contribution in [0.25, 0.3) is 0 Å². The molecule has 1 aliphatic rings. The van der Waals surface area contributed by atoms with E-state index >= 15 is 0 Å². The first kappa shape index (κ1) is 18.5. The van der Waals surface area contributed by atoms with E-state index in [1.54, 1.807) is 0 Å². The third-order valence-corrected chi connectivity index (χ3v) is 4.83. The van der Waals surface area contributed by atoms with Crippen LogP contribution in [-0.2, 0) is 24.3 Å². The van der Waals surface area contributed by atoms with Gasteiger partial charge in [-0.25, -0.2) is 0 Å². The molecule has 0 aromatic heterocycles. The van der Waals surface area contributed by atoms with Gasteiger partial charge in [0.25, 0.3) is 0 Å². The van der Waals surface area contributed by atoms with Crippen molar-refractivity contribution >= 4 is 5.97 Å². The van der Waals surface area contributed by atoms with Crippen LogP contribution < -0.4 is 4.74 Å². The highest BCUT2D eigenvalue weighted by Crippen LogP contribution is 2.27. The van der Waals surface area contributed by atoms with Gasteiger partial charge in [-0.05, 0) is 54.5 Å². The zero-order chi connectivity index (χ0) is 18.2. The molecule has 1 aliphatic heterocycles. The van der Waals surface area contributed by atoms with Crippen molar-refractivity contribution in [1.82, 2.24) is 4.90 Å². The standard InChI is InChI=1S/C22H27NO3/c24-22(25)12-13-23-16-19-10-11-21(15-20(19)17-23)26-14-6-2-5-9-18-7-3-1-4-8-18/h1,3-4,7-8,10-11,15H,2,5-6,9,12-14,16-17H2,(H,24,25). The van der Waals surface area contributed by atoms with Crippen molar-refractivity contribution in [3.05, 3.63) is 65.2 Å². The van der Waals surface area contributed by atoms with E-state index in [1.165, 1.54) is 29.5 Å². The zero-order valence-electron chi connectivity index (χ0n) is 15.2. The smallest absolute Gasteiger partial charge is 0.304 e. The molecule has 138 valence electrons. The number of hydrogen-bond donors (Lipinski definition) is 1. The summed E-state index contributed by atoms with van der Waals surface area (Å²) in [6.45, 7) is 3.00. The predicted octanol–water partition coefficient (Wildman–Crippen LogP) is 4.27. The molecule has 26 heavy (non-hydrogen) atoms. The van der Waals surface area contributed by atoms with E-state index in [4.69, 9.17) is 9.84 Å². The van der Waals surface area contributed by atoms with Crippen LogP contribution in [0.2, 0.25) is 0 Å². The zero-order valence-corrected chi connectivity index (χ0v) is 15.2. The van der Waals surface area contributed by atoms with Crippen LogP contribution in [0.5, 0.6) is 5.75 Å². The minimum Gasteiger partial charge on any atom is -0.494 e. The molecule has 0 spiro atoms. The molecule has 0 radical (unpaired) electrons. The van der Waals surface area contributed by atoms with Gasteiger partial charge in [0.1, 0.15) is 5.75 Å². The van der Waals surface area contributed by atoms with Gasteiger partial charge in [0.2, 0.25) is 0 Å². The monoisotopic (exact) mass is 353 g/mol. The van der Waals surface area contributed by atoms with E-state index in [9.17, 15) is 4.79 Å². The van der Waals surface area contributed by atoms with E-state index in [0.29, 0.717) is 6.54 Å². The van der Waals surface area contributed by atoms with Gasteiger partial charge < -0.3 is 9.84 Å². The van der Waals surface area contributed by atoms with E-state index in [1.807, 2.05) is 6.07 Å². The summed E-state index contributed by atoms with van der Waals surface area (Å²) < 4.78 is 5.90. The largest absolute Gasteiger partial charge is 0.494 e. The number of hydrogen-bond acceptors (Lipinski definition) is 3. The Bertz CT molecular complexity index is 715. The number of nitrogens with zero attached hydrogens (tertiary/aromatic N) is 1. The quantitative estimate of drug-likeness (QED) is 0.648. The summed E-state index contributed by atoms with van der Waals surface area (Å²) in [5, 5.41) is 8.81. The highest BCUT2D eigenvalue weighted by Gasteiger charge is 2.19. The Morgan fingerprint density at radius 1 is 1.00 bits per heavy atom. The topological polar surface area (TPSA) is 49.8 Å². The summed E-state index contributed by atoms with van der Waals surface area (Å²) in [4.78, 5) is 12.9. The van der Waals surface area contributed by atoms with Gasteiger partial charge in [-0.2, -0.15) is 0 Å². The van der Waals surface area contributed by atoms with Crippen molar-refractivity contribution in [2.24, 2.45) is 0 Å². The lowest BCUT2D eigenvalue weighted by Crippen LogP contribution is -2.20. The molecule has 0 bridgehead atoms. The van der Waals surface area contributed by atoms with E-state index in [-0.39, 0.29) is 6.42 Å². The molecule has 1 N–H and O–H groups in total. The molecule has 4 heteroatoms. The second-order valence-corrected chi connectivity index (χ2v) is 6.93. The fraction of sp³-hybridized carbons (Fsp3) is 0.409. The number of fused-ring (bicyclic) bond motifs is 1. The fourth-order valence-corrected chi connectivity index (χ4v) is 3.39. The maximum Gasteiger partial charge on any atom is 0.304 e. The van der Waals surface area contributed by atoms with E-state index in [2.05, 4.69) is 47.4 Å². The van der Waals surface area contributed by atoms with E-state index < -0.39 is 5.97 Å². The molecule has 0 fully saturated rings. The highest BCUT2D eigenvalue weighted by atomic mass is 16.5. The fourth-order valence-electron chi connectivity index (χ4n) is 3.39. The molecule has 0 atom stereocenters. The first-order valence-corrected chi connectivity index (χ1v) is 9.43. The number of carboxylic acids is 1. The summed E-state index contributed by atoms with van der Waals surface area (Å²) in [5.41, 5.74) is 3.95.